The number of hydrogen-bond donors (Lipinski definition) is 2. The second kappa shape index (κ2) is 5.29. The molecule has 2 aromatic rings. The molecular weight excluding hydrogens is 248 g/mol. The number of anilines is 2. The molecule has 2 rings (SSSR count). The van der Waals surface area contributed by atoms with Crippen LogP contribution in [0.2, 0.25) is 0 Å². The van der Waals surface area contributed by atoms with Crippen molar-refractivity contribution < 1.29 is 4.79 Å². The summed E-state index contributed by atoms with van der Waals surface area (Å²) < 4.78 is 0. The fourth-order valence-corrected chi connectivity index (χ4v) is 1.89. The number of nitrogens with one attached hydrogen (secondary N) is 2. The molecule has 0 atom stereocenters. The van der Waals surface area contributed by atoms with Crippen molar-refractivity contribution in [3.63, 3.8) is 0 Å². The first-order valence-electron chi connectivity index (χ1n) is 5.18. The van der Waals surface area contributed by atoms with E-state index in [1.54, 1.807) is 0 Å². The summed E-state index contributed by atoms with van der Waals surface area (Å²) in [5, 5.41) is 14.3. The quantitative estimate of drug-likeness (QED) is 0.869. The molecule has 1 aromatic carbocycles. The van der Waals surface area contributed by atoms with Crippen molar-refractivity contribution in [2.24, 2.45) is 0 Å². The molecule has 18 heavy (non-hydrogen) atoms. The Morgan fingerprint density at radius 2 is 2.06 bits per heavy atom. The molecule has 6 heteroatoms. The van der Waals surface area contributed by atoms with E-state index in [0.29, 0.717) is 15.7 Å². The molecule has 0 unspecified atom stereocenters. The van der Waals surface area contributed by atoms with Crippen LogP contribution in [0.3, 0.4) is 0 Å². The lowest BCUT2D eigenvalue weighted by Crippen LogP contribution is -2.19. The third-order valence-corrected chi connectivity index (χ3v) is 2.96. The zero-order chi connectivity index (χ0) is 13.0. The van der Waals surface area contributed by atoms with Gasteiger partial charge in [-0.2, -0.15) is 5.26 Å². The van der Waals surface area contributed by atoms with Crippen LogP contribution < -0.4 is 10.6 Å². The topological polar surface area (TPSA) is 77.8 Å². The number of aromatic nitrogens is 1. The van der Waals surface area contributed by atoms with Gasteiger partial charge in [0, 0.05) is 5.69 Å². The molecule has 1 heterocycles. The largest absolute Gasteiger partial charge is 0.325 e. The van der Waals surface area contributed by atoms with E-state index in [1.165, 1.54) is 6.20 Å². The van der Waals surface area contributed by atoms with Gasteiger partial charge in [-0.05, 0) is 19.1 Å². The summed E-state index contributed by atoms with van der Waals surface area (Å²) in [6.45, 7) is 1.98. The van der Waals surface area contributed by atoms with Crippen molar-refractivity contribution in [3.8, 4) is 6.07 Å². The Hall–Kier alpha value is -2.39. The van der Waals surface area contributed by atoms with Gasteiger partial charge in [-0.3, -0.25) is 5.32 Å². The van der Waals surface area contributed by atoms with Crippen molar-refractivity contribution in [2.75, 3.05) is 10.6 Å². The Labute approximate surface area is 108 Å². The minimum atomic E-state index is -0.377. The maximum Gasteiger partial charge on any atom is 0.325 e. The average molecular weight is 258 g/mol. The van der Waals surface area contributed by atoms with Gasteiger partial charge in [-0.25, -0.2) is 9.78 Å². The average Bonchev–Trinajstić information content (AvgIpc) is 2.79. The summed E-state index contributed by atoms with van der Waals surface area (Å²) >= 11 is 1.13. The number of urea groups is 1. The summed E-state index contributed by atoms with van der Waals surface area (Å²) in [5.74, 6) is 0. The van der Waals surface area contributed by atoms with Gasteiger partial charge < -0.3 is 5.32 Å². The number of carbonyl (C=O) groups excluding carboxylic acids is 1. The van der Waals surface area contributed by atoms with E-state index in [9.17, 15) is 4.79 Å². The van der Waals surface area contributed by atoms with Gasteiger partial charge in [-0.15, -0.1) is 0 Å². The van der Waals surface area contributed by atoms with Crippen LogP contribution in [0.25, 0.3) is 0 Å². The molecule has 0 fully saturated rings. The number of benzene rings is 1. The van der Waals surface area contributed by atoms with E-state index < -0.39 is 0 Å². The molecule has 2 amide bonds. The monoisotopic (exact) mass is 258 g/mol. The van der Waals surface area contributed by atoms with E-state index >= 15 is 0 Å². The molecule has 2 N–H and O–H groups in total. The summed E-state index contributed by atoms with van der Waals surface area (Å²) in [4.78, 5) is 16.0. The lowest BCUT2D eigenvalue weighted by atomic mass is 10.2. The third-order valence-electron chi connectivity index (χ3n) is 2.15. The van der Waals surface area contributed by atoms with Crippen molar-refractivity contribution in [1.29, 1.82) is 5.26 Å². The maximum atomic E-state index is 11.6. The number of nitrogens with zero attached hydrogens (tertiary/aromatic N) is 2. The van der Waals surface area contributed by atoms with Crippen molar-refractivity contribution in [2.45, 2.75) is 6.92 Å². The van der Waals surface area contributed by atoms with Gasteiger partial charge in [0.1, 0.15) is 10.9 Å². The first-order valence-corrected chi connectivity index (χ1v) is 5.99. The van der Waals surface area contributed by atoms with E-state index in [2.05, 4.69) is 15.6 Å². The summed E-state index contributed by atoms with van der Waals surface area (Å²) in [6.07, 6.45) is 1.42. The maximum absolute atomic E-state index is 11.6. The minimum absolute atomic E-state index is 0.377. The number of amides is 2. The predicted octanol–water partition coefficient (Wildman–Crippen LogP) is 2.97. The second-order valence-electron chi connectivity index (χ2n) is 3.59. The number of nitriles is 1. The molecule has 0 aliphatic rings. The molecule has 0 radical (unpaired) electrons. The van der Waals surface area contributed by atoms with Gasteiger partial charge in [0.2, 0.25) is 0 Å². The first kappa shape index (κ1) is 12.1. The van der Waals surface area contributed by atoms with Crippen LogP contribution in [0.15, 0.2) is 30.5 Å². The molecule has 0 spiro atoms. The molecule has 0 saturated carbocycles. The molecule has 5 nitrogen and oxygen atoms in total. The number of rotatable bonds is 2. The van der Waals surface area contributed by atoms with Gasteiger partial charge in [0.05, 0.1) is 6.20 Å². The van der Waals surface area contributed by atoms with Crippen LogP contribution >= 0.6 is 11.3 Å². The molecular formula is C12H10N4OS. The molecule has 0 aliphatic carbocycles. The summed E-state index contributed by atoms with van der Waals surface area (Å²) in [7, 11) is 0. The molecule has 90 valence electrons. The predicted molar refractivity (Wildman–Crippen MR) is 70.6 cm³/mol. The Balaban J connectivity index is 1.96. The Kier molecular flexibility index (Phi) is 3.55. The van der Waals surface area contributed by atoms with Crippen LogP contribution in [0.1, 0.15) is 10.4 Å². The number of hydrogen-bond acceptors (Lipinski definition) is 4. The van der Waals surface area contributed by atoms with Crippen LogP contribution in [-0.2, 0) is 0 Å². The smallest absolute Gasteiger partial charge is 0.308 e. The van der Waals surface area contributed by atoms with E-state index in [4.69, 9.17) is 5.26 Å². The number of aryl methyl sites for hydroxylation is 1. The lowest BCUT2D eigenvalue weighted by molar-refractivity contribution is 0.262. The highest BCUT2D eigenvalue weighted by atomic mass is 32.1. The van der Waals surface area contributed by atoms with Gasteiger partial charge in [-0.1, -0.05) is 29.0 Å². The molecule has 0 saturated heterocycles. The van der Waals surface area contributed by atoms with Gasteiger partial charge >= 0.3 is 6.03 Å². The first-order chi connectivity index (χ1) is 8.67. The normalized spacial score (nSPS) is 9.56. The number of thiazole rings is 1. The fraction of sp³-hybridized carbons (Fsp3) is 0.0833. The van der Waals surface area contributed by atoms with Crippen molar-refractivity contribution in [1.82, 2.24) is 4.98 Å². The molecule has 0 aliphatic heterocycles. The van der Waals surface area contributed by atoms with Crippen LogP contribution in [-0.4, -0.2) is 11.0 Å². The van der Waals surface area contributed by atoms with Crippen molar-refractivity contribution >= 4 is 28.2 Å². The fourth-order valence-electron chi connectivity index (χ4n) is 1.28. The Bertz CT molecular complexity index is 597. The molecule has 1 aromatic heterocycles. The van der Waals surface area contributed by atoms with Crippen LogP contribution in [0, 0.1) is 18.3 Å². The zero-order valence-corrected chi connectivity index (χ0v) is 10.4. The minimum Gasteiger partial charge on any atom is -0.308 e. The highest BCUT2D eigenvalue weighted by Gasteiger charge is 2.06. The van der Waals surface area contributed by atoms with E-state index in [1.807, 2.05) is 37.3 Å². The summed E-state index contributed by atoms with van der Waals surface area (Å²) in [5.41, 5.74) is 1.83. The third kappa shape index (κ3) is 3.06. The second-order valence-corrected chi connectivity index (χ2v) is 4.62. The number of carbonyl (C=O) groups is 1. The summed E-state index contributed by atoms with van der Waals surface area (Å²) in [6, 6.07) is 9.04. The SMILES string of the molecule is Cc1ccc(NC(=O)Nc2ncc(C#N)s2)cc1. The van der Waals surface area contributed by atoms with E-state index in [-0.39, 0.29) is 6.03 Å². The van der Waals surface area contributed by atoms with Gasteiger partial charge in [0.15, 0.2) is 5.13 Å². The molecule has 0 bridgehead atoms. The van der Waals surface area contributed by atoms with E-state index in [0.717, 1.165) is 16.9 Å². The van der Waals surface area contributed by atoms with Gasteiger partial charge in [0.25, 0.3) is 0 Å². The Morgan fingerprint density at radius 1 is 1.33 bits per heavy atom. The highest BCUT2D eigenvalue weighted by molar-refractivity contribution is 7.16. The van der Waals surface area contributed by atoms with Crippen LogP contribution in [0.5, 0.6) is 0 Å². The standard InChI is InChI=1S/C12H10N4OS/c1-8-2-4-9(5-3-8)15-11(17)16-12-14-7-10(6-13)18-12/h2-5,7H,1H3,(H2,14,15,16,17). The Morgan fingerprint density at radius 3 is 2.67 bits per heavy atom. The van der Waals surface area contributed by atoms with Crippen LogP contribution in [0.4, 0.5) is 15.6 Å². The highest BCUT2D eigenvalue weighted by Crippen LogP contribution is 2.17. The lowest BCUT2D eigenvalue weighted by Gasteiger charge is -2.05. The zero-order valence-electron chi connectivity index (χ0n) is 9.60. The van der Waals surface area contributed by atoms with Crippen molar-refractivity contribution in [3.05, 3.63) is 40.9 Å².